The Kier molecular flexibility index (Phi) is 6.99. The number of carbonyl (C=O) groups excluding carboxylic acids is 2. The highest BCUT2D eigenvalue weighted by atomic mass is 16.4. The first kappa shape index (κ1) is 18.4. The molecule has 0 aliphatic rings. The number of hydrogen-bond donors (Lipinski definition) is 3. The highest BCUT2D eigenvalue weighted by Gasteiger charge is 2.18. The van der Waals surface area contributed by atoms with Gasteiger partial charge in [0.25, 0.3) is 5.91 Å². The normalized spacial score (nSPS) is 12.0. The number of aliphatic carboxylic acids is 1. The molecular formula is C17H22N2O4. The number of amides is 2. The third-order valence-corrected chi connectivity index (χ3v) is 3.42. The second kappa shape index (κ2) is 8.73. The Morgan fingerprint density at radius 1 is 1.22 bits per heavy atom. The SMILES string of the molecule is C/C=C/CC(NC(=O)CNC(=O)c1ccc(C)c(C)c1)C(=O)O. The van der Waals surface area contributed by atoms with Gasteiger partial charge in [0.15, 0.2) is 0 Å². The Hall–Kier alpha value is -2.63. The molecule has 6 nitrogen and oxygen atoms in total. The lowest BCUT2D eigenvalue weighted by Crippen LogP contribution is -2.45. The van der Waals surface area contributed by atoms with E-state index >= 15 is 0 Å². The van der Waals surface area contributed by atoms with Gasteiger partial charge in [-0.25, -0.2) is 4.79 Å². The van der Waals surface area contributed by atoms with Crippen molar-refractivity contribution in [1.82, 2.24) is 10.6 Å². The van der Waals surface area contributed by atoms with Gasteiger partial charge in [0.05, 0.1) is 6.54 Å². The van der Waals surface area contributed by atoms with Crippen LogP contribution in [0.2, 0.25) is 0 Å². The van der Waals surface area contributed by atoms with E-state index in [1.165, 1.54) is 0 Å². The molecule has 1 aromatic rings. The lowest BCUT2D eigenvalue weighted by Gasteiger charge is -2.13. The summed E-state index contributed by atoms with van der Waals surface area (Å²) >= 11 is 0. The highest BCUT2D eigenvalue weighted by Crippen LogP contribution is 2.09. The molecule has 1 aromatic carbocycles. The van der Waals surface area contributed by atoms with Gasteiger partial charge in [-0.3, -0.25) is 9.59 Å². The molecule has 0 fully saturated rings. The Labute approximate surface area is 135 Å². The molecule has 0 saturated heterocycles. The number of aryl methyl sites for hydroxylation is 2. The van der Waals surface area contributed by atoms with E-state index in [0.717, 1.165) is 11.1 Å². The van der Waals surface area contributed by atoms with Crippen molar-refractivity contribution in [3.8, 4) is 0 Å². The van der Waals surface area contributed by atoms with Gasteiger partial charge >= 0.3 is 5.97 Å². The molecule has 0 aliphatic heterocycles. The molecule has 2 amide bonds. The second-order valence-electron chi connectivity index (χ2n) is 5.24. The van der Waals surface area contributed by atoms with E-state index in [1.807, 2.05) is 19.9 Å². The van der Waals surface area contributed by atoms with Crippen molar-refractivity contribution < 1.29 is 19.5 Å². The van der Waals surface area contributed by atoms with Gasteiger partial charge < -0.3 is 15.7 Å². The quantitative estimate of drug-likeness (QED) is 0.665. The molecule has 124 valence electrons. The summed E-state index contributed by atoms with van der Waals surface area (Å²) in [6.07, 6.45) is 3.57. The fourth-order valence-electron chi connectivity index (χ4n) is 1.88. The maximum atomic E-state index is 12.0. The van der Waals surface area contributed by atoms with E-state index in [2.05, 4.69) is 10.6 Å². The fraction of sp³-hybridized carbons (Fsp3) is 0.353. The standard InChI is InChI=1S/C17H22N2O4/c1-4-5-6-14(17(22)23)19-15(20)10-18-16(21)13-8-7-11(2)12(3)9-13/h4-5,7-9,14H,6,10H2,1-3H3,(H,18,21)(H,19,20)(H,22,23)/b5-4+. The minimum atomic E-state index is -1.11. The molecular weight excluding hydrogens is 296 g/mol. The maximum absolute atomic E-state index is 12.0. The summed E-state index contributed by atoms with van der Waals surface area (Å²) in [6.45, 7) is 5.34. The van der Waals surface area contributed by atoms with Gasteiger partial charge in [-0.1, -0.05) is 18.2 Å². The van der Waals surface area contributed by atoms with E-state index in [-0.39, 0.29) is 18.9 Å². The van der Waals surface area contributed by atoms with E-state index in [4.69, 9.17) is 5.11 Å². The van der Waals surface area contributed by atoms with Gasteiger partial charge in [-0.05, 0) is 50.5 Å². The minimum Gasteiger partial charge on any atom is -0.480 e. The van der Waals surface area contributed by atoms with Crippen LogP contribution in [0.4, 0.5) is 0 Å². The number of nitrogens with one attached hydrogen (secondary N) is 2. The molecule has 0 bridgehead atoms. The van der Waals surface area contributed by atoms with Crippen LogP contribution in [0.3, 0.4) is 0 Å². The molecule has 0 heterocycles. The Balaban J connectivity index is 2.55. The van der Waals surface area contributed by atoms with Crippen LogP contribution in [-0.2, 0) is 9.59 Å². The zero-order chi connectivity index (χ0) is 17.4. The summed E-state index contributed by atoms with van der Waals surface area (Å²) in [5.41, 5.74) is 2.52. The van der Waals surface area contributed by atoms with E-state index < -0.39 is 17.9 Å². The molecule has 0 spiro atoms. The summed E-state index contributed by atoms with van der Waals surface area (Å²) in [6, 6.07) is 4.26. The maximum Gasteiger partial charge on any atom is 0.326 e. The van der Waals surface area contributed by atoms with Crippen molar-refractivity contribution in [3.05, 3.63) is 47.0 Å². The first-order valence-electron chi connectivity index (χ1n) is 7.34. The largest absolute Gasteiger partial charge is 0.480 e. The molecule has 0 aliphatic carbocycles. The van der Waals surface area contributed by atoms with E-state index in [1.54, 1.807) is 31.2 Å². The number of benzene rings is 1. The monoisotopic (exact) mass is 318 g/mol. The van der Waals surface area contributed by atoms with E-state index in [9.17, 15) is 14.4 Å². The number of carboxylic acids is 1. The predicted octanol–water partition coefficient (Wildman–Crippen LogP) is 1.57. The number of hydrogen-bond acceptors (Lipinski definition) is 3. The van der Waals surface area contributed by atoms with Crippen molar-refractivity contribution in [1.29, 1.82) is 0 Å². The van der Waals surface area contributed by atoms with Crippen molar-refractivity contribution in [2.24, 2.45) is 0 Å². The van der Waals surface area contributed by atoms with Gasteiger partial charge in [0, 0.05) is 5.56 Å². The van der Waals surface area contributed by atoms with Crippen LogP contribution in [0.25, 0.3) is 0 Å². The number of carboxylic acid groups (broad SMARTS) is 1. The average Bonchev–Trinajstić information content (AvgIpc) is 2.51. The second-order valence-corrected chi connectivity index (χ2v) is 5.24. The topological polar surface area (TPSA) is 95.5 Å². The third kappa shape index (κ3) is 5.94. The molecule has 0 radical (unpaired) electrons. The first-order valence-corrected chi connectivity index (χ1v) is 7.34. The van der Waals surface area contributed by atoms with Crippen LogP contribution in [-0.4, -0.2) is 35.5 Å². The van der Waals surface area contributed by atoms with Crippen LogP contribution in [0.1, 0.15) is 34.8 Å². The van der Waals surface area contributed by atoms with Gasteiger partial charge in [-0.2, -0.15) is 0 Å². The summed E-state index contributed by atoms with van der Waals surface area (Å²) in [7, 11) is 0. The molecule has 1 atom stereocenters. The molecule has 1 rings (SSSR count). The van der Waals surface area contributed by atoms with Crippen molar-refractivity contribution >= 4 is 17.8 Å². The summed E-state index contributed by atoms with van der Waals surface area (Å²) in [5.74, 6) is -2.03. The van der Waals surface area contributed by atoms with Gasteiger partial charge in [-0.15, -0.1) is 0 Å². The van der Waals surface area contributed by atoms with Crippen molar-refractivity contribution in [3.63, 3.8) is 0 Å². The van der Waals surface area contributed by atoms with Gasteiger partial charge in [0.2, 0.25) is 5.91 Å². The smallest absolute Gasteiger partial charge is 0.326 e. The summed E-state index contributed by atoms with van der Waals surface area (Å²) in [5, 5.41) is 13.9. The van der Waals surface area contributed by atoms with E-state index in [0.29, 0.717) is 5.56 Å². The Morgan fingerprint density at radius 2 is 1.91 bits per heavy atom. The molecule has 1 unspecified atom stereocenters. The molecule has 23 heavy (non-hydrogen) atoms. The Bertz CT molecular complexity index is 623. The zero-order valence-corrected chi connectivity index (χ0v) is 13.6. The lowest BCUT2D eigenvalue weighted by molar-refractivity contribution is -0.141. The minimum absolute atomic E-state index is 0.197. The molecule has 0 aromatic heterocycles. The van der Waals surface area contributed by atoms with Gasteiger partial charge in [0.1, 0.15) is 6.04 Å². The molecule has 3 N–H and O–H groups in total. The van der Waals surface area contributed by atoms with Crippen LogP contribution in [0.5, 0.6) is 0 Å². The highest BCUT2D eigenvalue weighted by molar-refractivity contribution is 5.97. The Morgan fingerprint density at radius 3 is 2.48 bits per heavy atom. The van der Waals surface area contributed by atoms with Crippen LogP contribution < -0.4 is 10.6 Å². The van der Waals surface area contributed by atoms with Crippen LogP contribution >= 0.6 is 0 Å². The summed E-state index contributed by atoms with van der Waals surface area (Å²) < 4.78 is 0. The average molecular weight is 318 g/mol. The third-order valence-electron chi connectivity index (χ3n) is 3.42. The lowest BCUT2D eigenvalue weighted by atomic mass is 10.1. The first-order chi connectivity index (χ1) is 10.8. The van der Waals surface area contributed by atoms with Crippen LogP contribution in [0, 0.1) is 13.8 Å². The zero-order valence-electron chi connectivity index (χ0n) is 13.6. The van der Waals surface area contributed by atoms with Crippen molar-refractivity contribution in [2.45, 2.75) is 33.2 Å². The fourth-order valence-corrected chi connectivity index (χ4v) is 1.88. The summed E-state index contributed by atoms with van der Waals surface area (Å²) in [4.78, 5) is 34.8. The molecule has 6 heteroatoms. The molecule has 0 saturated carbocycles. The predicted molar refractivity (Wildman–Crippen MR) is 87.2 cm³/mol. The number of carbonyl (C=O) groups is 3. The number of allylic oxidation sites excluding steroid dienone is 1. The van der Waals surface area contributed by atoms with Crippen LogP contribution in [0.15, 0.2) is 30.4 Å². The number of rotatable bonds is 7. The van der Waals surface area contributed by atoms with Crippen molar-refractivity contribution in [2.75, 3.05) is 6.54 Å².